The van der Waals surface area contributed by atoms with Gasteiger partial charge in [0.2, 0.25) is 0 Å². The molecule has 2 saturated carbocycles. The van der Waals surface area contributed by atoms with E-state index >= 15 is 0 Å². The molecule has 1 saturated heterocycles. The number of aliphatic hydroxyl groups is 5. The van der Waals surface area contributed by atoms with Crippen LogP contribution < -0.4 is 0 Å². The molecule has 1 heterocycles. The van der Waals surface area contributed by atoms with E-state index in [1.165, 1.54) is 5.57 Å². The molecule has 30 heavy (non-hydrogen) atoms. The Bertz CT molecular complexity index is 643. The maximum absolute atomic E-state index is 12.6. The highest BCUT2D eigenvalue weighted by atomic mass is 16.6. The second-order valence-corrected chi connectivity index (χ2v) is 9.92. The maximum atomic E-state index is 12.6. The van der Waals surface area contributed by atoms with Gasteiger partial charge in [0.05, 0.1) is 18.6 Å². The fraction of sp³-hybridized carbons (Fsp3) is 0.864. The highest BCUT2D eigenvalue weighted by molar-refractivity contribution is 5.75. The van der Waals surface area contributed by atoms with E-state index in [1.54, 1.807) is 11.9 Å². The predicted molar refractivity (Wildman–Crippen MR) is 109 cm³/mol. The van der Waals surface area contributed by atoms with Crippen molar-refractivity contribution < 1.29 is 35.1 Å². The van der Waals surface area contributed by atoms with Crippen LogP contribution in [0.3, 0.4) is 0 Å². The molecule has 0 unspecified atom stereocenters. The molecule has 5 N–H and O–H groups in total. The van der Waals surface area contributed by atoms with Crippen molar-refractivity contribution in [1.82, 2.24) is 4.90 Å². The SMILES string of the molecule is C=C1CCC[C@]2(C)C[C@H]3OC(=O)[C@H](CN(C)C[C@H](O)[C@H](O)[C@@H](O)[C@H](O)CO)[C@H]3C[C@@H]12. The van der Waals surface area contributed by atoms with Gasteiger partial charge in [0.25, 0.3) is 0 Å². The van der Waals surface area contributed by atoms with E-state index in [1.807, 2.05) is 0 Å². The topological polar surface area (TPSA) is 131 Å². The van der Waals surface area contributed by atoms with Crippen molar-refractivity contribution in [2.24, 2.45) is 23.2 Å². The van der Waals surface area contributed by atoms with E-state index in [-0.39, 0.29) is 35.9 Å². The first-order valence-corrected chi connectivity index (χ1v) is 11.0. The van der Waals surface area contributed by atoms with Gasteiger partial charge in [-0.2, -0.15) is 0 Å². The van der Waals surface area contributed by atoms with Crippen molar-refractivity contribution in [3.05, 3.63) is 12.2 Å². The zero-order valence-electron chi connectivity index (χ0n) is 18.0. The number of allylic oxidation sites excluding steroid dienone is 1. The van der Waals surface area contributed by atoms with Crippen molar-refractivity contribution in [1.29, 1.82) is 0 Å². The molecule has 0 radical (unpaired) electrons. The molecule has 0 spiro atoms. The second-order valence-electron chi connectivity index (χ2n) is 9.92. The molecule has 3 aliphatic rings. The number of hydrogen-bond acceptors (Lipinski definition) is 8. The van der Waals surface area contributed by atoms with E-state index in [9.17, 15) is 25.2 Å². The zero-order valence-corrected chi connectivity index (χ0v) is 18.0. The van der Waals surface area contributed by atoms with Gasteiger partial charge < -0.3 is 35.2 Å². The normalized spacial score (nSPS) is 37.9. The molecule has 3 fully saturated rings. The number of rotatable bonds is 8. The minimum atomic E-state index is -1.66. The molecule has 0 amide bonds. The van der Waals surface area contributed by atoms with Crippen LogP contribution in [0.25, 0.3) is 0 Å². The smallest absolute Gasteiger partial charge is 0.310 e. The summed E-state index contributed by atoms with van der Waals surface area (Å²) in [6.07, 6.45) is -1.17. The van der Waals surface area contributed by atoms with Crippen LogP contribution in [-0.2, 0) is 9.53 Å². The lowest BCUT2D eigenvalue weighted by atomic mass is 9.55. The summed E-state index contributed by atoms with van der Waals surface area (Å²) < 4.78 is 5.76. The van der Waals surface area contributed by atoms with Gasteiger partial charge in [0, 0.05) is 19.0 Å². The Morgan fingerprint density at radius 3 is 2.57 bits per heavy atom. The molecular weight excluding hydrogens is 390 g/mol. The fourth-order valence-electron chi connectivity index (χ4n) is 5.87. The van der Waals surface area contributed by atoms with E-state index < -0.39 is 31.0 Å². The minimum absolute atomic E-state index is 0.00535. The third-order valence-corrected chi connectivity index (χ3v) is 7.65. The molecule has 0 aromatic rings. The minimum Gasteiger partial charge on any atom is -0.462 e. The Balaban J connectivity index is 1.61. The molecule has 9 atom stereocenters. The number of nitrogens with zero attached hydrogens (tertiary/aromatic N) is 1. The van der Waals surface area contributed by atoms with Crippen LogP contribution in [0.1, 0.15) is 39.0 Å². The van der Waals surface area contributed by atoms with Gasteiger partial charge in [-0.3, -0.25) is 4.79 Å². The molecule has 2 aliphatic carbocycles. The highest BCUT2D eigenvalue weighted by Gasteiger charge is 2.55. The summed E-state index contributed by atoms with van der Waals surface area (Å²) in [7, 11) is 1.73. The standard InChI is InChI=1S/C22H37NO7/c1-12-5-4-6-22(2)8-18-13(7-15(12)22)14(21(29)30-18)9-23(3)10-16(25)19(27)20(28)17(26)11-24/h13-20,24-28H,1,4-11H2,2-3H3/t13-,14-,15+,16+,17-,18-,19+,20+,22-/m1/s1. The third-order valence-electron chi connectivity index (χ3n) is 7.65. The molecule has 8 nitrogen and oxygen atoms in total. The largest absolute Gasteiger partial charge is 0.462 e. The molecule has 1 aliphatic heterocycles. The van der Waals surface area contributed by atoms with Crippen molar-refractivity contribution in [2.45, 2.75) is 69.5 Å². The summed E-state index contributed by atoms with van der Waals surface area (Å²) >= 11 is 0. The van der Waals surface area contributed by atoms with Crippen LogP contribution in [0.2, 0.25) is 0 Å². The van der Waals surface area contributed by atoms with E-state index in [0.717, 1.165) is 32.1 Å². The first-order chi connectivity index (χ1) is 14.1. The number of carbonyl (C=O) groups excluding carboxylic acids is 1. The van der Waals surface area contributed by atoms with E-state index in [0.29, 0.717) is 12.5 Å². The number of hydrogen-bond donors (Lipinski definition) is 5. The Labute approximate surface area is 178 Å². The molecule has 0 aromatic heterocycles. The molecule has 8 heteroatoms. The van der Waals surface area contributed by atoms with Gasteiger partial charge in [-0.1, -0.05) is 19.1 Å². The summed E-state index contributed by atoms with van der Waals surface area (Å²) in [4.78, 5) is 14.4. The predicted octanol–water partition coefficient (Wildman–Crippen LogP) is -0.332. The number of likely N-dealkylation sites (N-methyl/N-ethyl adjacent to an activating group) is 1. The summed E-state index contributed by atoms with van der Waals surface area (Å²) in [5.41, 5.74) is 1.42. The Morgan fingerprint density at radius 2 is 1.90 bits per heavy atom. The average Bonchev–Trinajstić information content (AvgIpc) is 2.98. The second kappa shape index (κ2) is 9.22. The van der Waals surface area contributed by atoms with Gasteiger partial charge in [-0.25, -0.2) is 0 Å². The first-order valence-electron chi connectivity index (χ1n) is 11.0. The van der Waals surface area contributed by atoms with Crippen molar-refractivity contribution >= 4 is 5.97 Å². The molecule has 0 bridgehead atoms. The van der Waals surface area contributed by atoms with E-state index in [2.05, 4.69) is 13.5 Å². The van der Waals surface area contributed by atoms with E-state index in [4.69, 9.17) is 9.84 Å². The Hall–Kier alpha value is -1.03. The lowest BCUT2D eigenvalue weighted by Crippen LogP contribution is -2.50. The first kappa shape index (κ1) is 23.6. The fourth-order valence-corrected chi connectivity index (χ4v) is 5.87. The van der Waals surface area contributed by atoms with Gasteiger partial charge in [-0.05, 0) is 50.5 Å². The lowest BCUT2D eigenvalue weighted by Gasteiger charge is -2.50. The van der Waals surface area contributed by atoms with Crippen molar-refractivity contribution in [2.75, 3.05) is 26.7 Å². The number of ether oxygens (including phenoxy) is 1. The van der Waals surface area contributed by atoms with Crippen LogP contribution in [0.5, 0.6) is 0 Å². The van der Waals surface area contributed by atoms with Crippen LogP contribution in [-0.4, -0.2) is 93.7 Å². The van der Waals surface area contributed by atoms with Crippen LogP contribution in [0.4, 0.5) is 0 Å². The number of aliphatic hydroxyl groups excluding tert-OH is 5. The average molecular weight is 428 g/mol. The van der Waals surface area contributed by atoms with Crippen molar-refractivity contribution in [3.8, 4) is 0 Å². The highest BCUT2D eigenvalue weighted by Crippen LogP contribution is 2.56. The lowest BCUT2D eigenvalue weighted by molar-refractivity contribution is -0.146. The van der Waals surface area contributed by atoms with Gasteiger partial charge in [0.15, 0.2) is 0 Å². The summed E-state index contributed by atoms with van der Waals surface area (Å²) in [6, 6.07) is 0. The number of esters is 1. The summed E-state index contributed by atoms with van der Waals surface area (Å²) in [5, 5.41) is 48.4. The molecule has 3 rings (SSSR count). The number of fused-ring (bicyclic) bond motifs is 2. The third kappa shape index (κ3) is 4.59. The van der Waals surface area contributed by atoms with Gasteiger partial charge >= 0.3 is 5.97 Å². The molecule has 0 aromatic carbocycles. The monoisotopic (exact) mass is 427 g/mol. The zero-order chi connectivity index (χ0) is 22.2. The van der Waals surface area contributed by atoms with Crippen LogP contribution in [0, 0.1) is 23.2 Å². The van der Waals surface area contributed by atoms with Gasteiger partial charge in [-0.15, -0.1) is 0 Å². The van der Waals surface area contributed by atoms with Crippen molar-refractivity contribution in [3.63, 3.8) is 0 Å². The number of carbonyl (C=O) groups is 1. The maximum Gasteiger partial charge on any atom is 0.310 e. The molecule has 172 valence electrons. The summed E-state index contributed by atoms with van der Waals surface area (Å²) in [5.74, 6) is -0.0128. The quantitative estimate of drug-likeness (QED) is 0.263. The Kier molecular flexibility index (Phi) is 7.26. The molecular formula is C22H37NO7. The van der Waals surface area contributed by atoms with Crippen LogP contribution >= 0.6 is 0 Å². The Morgan fingerprint density at radius 1 is 1.23 bits per heavy atom. The summed E-state index contributed by atoms with van der Waals surface area (Å²) in [6.45, 7) is 6.25. The van der Waals surface area contributed by atoms with Crippen LogP contribution in [0.15, 0.2) is 12.2 Å². The van der Waals surface area contributed by atoms with Gasteiger partial charge in [0.1, 0.15) is 24.4 Å².